The summed E-state index contributed by atoms with van der Waals surface area (Å²) in [6.07, 6.45) is 6.13. The Morgan fingerprint density at radius 3 is 2.84 bits per heavy atom. The van der Waals surface area contributed by atoms with Gasteiger partial charge in [0.05, 0.1) is 0 Å². The maximum atomic E-state index is 4.77. The Bertz CT molecular complexity index is 799. The molecule has 3 aromatic rings. The minimum absolute atomic E-state index is 0.369. The average molecular weight is 333 g/mol. The molecular weight excluding hydrogens is 310 g/mol. The highest BCUT2D eigenvalue weighted by Gasteiger charge is 2.27. The van der Waals surface area contributed by atoms with E-state index < -0.39 is 0 Å². The number of aromatic amines is 1. The number of benzene rings is 1. The van der Waals surface area contributed by atoms with Crippen LogP contribution in [0.25, 0.3) is 11.4 Å². The average Bonchev–Trinajstić information content (AvgIpc) is 3.19. The highest BCUT2D eigenvalue weighted by atomic mass is 15.2. The number of piperidine rings is 1. The molecule has 5 nitrogen and oxygen atoms in total. The molecule has 5 heteroatoms. The van der Waals surface area contributed by atoms with Gasteiger partial charge in [0, 0.05) is 36.5 Å². The highest BCUT2D eigenvalue weighted by molar-refractivity contribution is 5.53. The van der Waals surface area contributed by atoms with Gasteiger partial charge in [0.1, 0.15) is 5.82 Å². The van der Waals surface area contributed by atoms with Gasteiger partial charge in [0.25, 0.3) is 0 Å². The summed E-state index contributed by atoms with van der Waals surface area (Å²) in [6.45, 7) is 4.38. The van der Waals surface area contributed by atoms with Crippen molar-refractivity contribution in [1.82, 2.24) is 25.1 Å². The zero-order valence-corrected chi connectivity index (χ0v) is 14.5. The lowest BCUT2D eigenvalue weighted by atomic mass is 9.95. The van der Waals surface area contributed by atoms with E-state index in [1.54, 1.807) is 0 Å². The summed E-state index contributed by atoms with van der Waals surface area (Å²) in [5, 5.41) is 7.60. The first kappa shape index (κ1) is 16.0. The van der Waals surface area contributed by atoms with Crippen molar-refractivity contribution in [2.24, 2.45) is 0 Å². The van der Waals surface area contributed by atoms with Crippen molar-refractivity contribution in [1.29, 1.82) is 0 Å². The molecular formula is C20H23N5. The molecule has 0 saturated carbocycles. The van der Waals surface area contributed by atoms with Gasteiger partial charge in [-0.3, -0.25) is 15.0 Å². The van der Waals surface area contributed by atoms with Crippen LogP contribution in [0.2, 0.25) is 0 Å². The zero-order valence-electron chi connectivity index (χ0n) is 14.5. The number of aromatic nitrogens is 4. The molecule has 0 bridgehead atoms. The predicted octanol–water partition coefficient (Wildman–Crippen LogP) is 3.81. The topological polar surface area (TPSA) is 57.7 Å². The van der Waals surface area contributed by atoms with Crippen LogP contribution in [0.4, 0.5) is 0 Å². The number of nitrogens with one attached hydrogen (secondary N) is 1. The normalized spacial score (nSPS) is 19.6. The molecule has 4 rings (SSSR count). The lowest BCUT2D eigenvalue weighted by Crippen LogP contribution is -2.36. The fourth-order valence-electron chi connectivity index (χ4n) is 3.59. The fraction of sp³-hybridized carbons (Fsp3) is 0.350. The van der Waals surface area contributed by atoms with Crippen LogP contribution in [0, 0.1) is 0 Å². The Labute approximate surface area is 148 Å². The third-order valence-electron chi connectivity index (χ3n) is 5.09. The largest absolute Gasteiger partial charge is 0.296 e. The molecule has 2 atom stereocenters. The molecule has 1 aliphatic rings. The molecule has 1 aromatic carbocycles. The van der Waals surface area contributed by atoms with E-state index >= 15 is 0 Å². The van der Waals surface area contributed by atoms with Crippen LogP contribution < -0.4 is 0 Å². The van der Waals surface area contributed by atoms with Gasteiger partial charge >= 0.3 is 0 Å². The number of hydrogen-bond acceptors (Lipinski definition) is 4. The molecule has 1 saturated heterocycles. The number of likely N-dealkylation sites (tertiary alicyclic amines) is 1. The molecule has 2 aromatic heterocycles. The van der Waals surface area contributed by atoms with Gasteiger partial charge in [0.2, 0.25) is 0 Å². The molecule has 0 radical (unpaired) electrons. The Balaban J connectivity index is 1.49. The van der Waals surface area contributed by atoms with Crippen LogP contribution >= 0.6 is 0 Å². The van der Waals surface area contributed by atoms with Crippen molar-refractivity contribution >= 4 is 0 Å². The van der Waals surface area contributed by atoms with Crippen LogP contribution in [0.15, 0.2) is 54.9 Å². The monoisotopic (exact) mass is 333 g/mol. The minimum Gasteiger partial charge on any atom is -0.296 e. The first-order valence-corrected chi connectivity index (χ1v) is 8.93. The first-order valence-electron chi connectivity index (χ1n) is 8.93. The Morgan fingerprint density at radius 1 is 1.16 bits per heavy atom. The third-order valence-corrected chi connectivity index (χ3v) is 5.09. The van der Waals surface area contributed by atoms with Crippen LogP contribution in [-0.2, 0) is 0 Å². The number of H-pyrrole nitrogens is 1. The van der Waals surface area contributed by atoms with Crippen LogP contribution in [0.1, 0.15) is 43.1 Å². The van der Waals surface area contributed by atoms with E-state index in [-0.39, 0.29) is 0 Å². The summed E-state index contributed by atoms with van der Waals surface area (Å²) in [4.78, 5) is 11.5. The summed E-state index contributed by atoms with van der Waals surface area (Å²) in [6, 6.07) is 14.7. The summed E-state index contributed by atoms with van der Waals surface area (Å²) in [5.74, 6) is 2.19. The van der Waals surface area contributed by atoms with Crippen molar-refractivity contribution in [3.63, 3.8) is 0 Å². The van der Waals surface area contributed by atoms with E-state index in [1.807, 2.05) is 48.8 Å². The summed E-state index contributed by atoms with van der Waals surface area (Å²) in [5.41, 5.74) is 2.33. The lowest BCUT2D eigenvalue weighted by molar-refractivity contribution is 0.155. The Kier molecular flexibility index (Phi) is 4.57. The van der Waals surface area contributed by atoms with E-state index in [4.69, 9.17) is 4.98 Å². The molecule has 1 N–H and O–H groups in total. The van der Waals surface area contributed by atoms with Crippen LogP contribution in [-0.4, -0.2) is 38.2 Å². The highest BCUT2D eigenvalue weighted by Crippen LogP contribution is 2.31. The second kappa shape index (κ2) is 7.15. The lowest BCUT2D eigenvalue weighted by Gasteiger charge is -2.36. The third kappa shape index (κ3) is 3.46. The van der Waals surface area contributed by atoms with Crippen molar-refractivity contribution in [3.8, 4) is 11.4 Å². The summed E-state index contributed by atoms with van der Waals surface area (Å²) in [7, 11) is 0. The molecule has 3 heterocycles. The first-order chi connectivity index (χ1) is 12.3. The fourth-order valence-corrected chi connectivity index (χ4v) is 3.59. The van der Waals surface area contributed by atoms with Crippen molar-refractivity contribution in [2.45, 2.75) is 31.7 Å². The van der Waals surface area contributed by atoms with E-state index in [1.165, 1.54) is 12.0 Å². The summed E-state index contributed by atoms with van der Waals surface area (Å²) >= 11 is 0. The quantitative estimate of drug-likeness (QED) is 0.789. The van der Waals surface area contributed by atoms with E-state index in [0.29, 0.717) is 12.0 Å². The predicted molar refractivity (Wildman–Crippen MR) is 98.0 cm³/mol. The Morgan fingerprint density at radius 2 is 2.04 bits per heavy atom. The molecule has 0 aliphatic carbocycles. The zero-order chi connectivity index (χ0) is 17.1. The SMILES string of the molecule is C[C@H](c1cccnc1)N1CCC[C@@H](c2nc(-c3ccccc3)n[nH]2)C1. The molecule has 0 amide bonds. The van der Waals surface area contributed by atoms with Crippen LogP contribution in [0.5, 0.6) is 0 Å². The summed E-state index contributed by atoms with van der Waals surface area (Å²) < 4.78 is 0. The van der Waals surface area contributed by atoms with Gasteiger partial charge in [-0.05, 0) is 37.9 Å². The molecule has 0 unspecified atom stereocenters. The van der Waals surface area contributed by atoms with E-state index in [0.717, 1.165) is 36.7 Å². The maximum Gasteiger partial charge on any atom is 0.181 e. The van der Waals surface area contributed by atoms with Gasteiger partial charge in [-0.25, -0.2) is 4.98 Å². The van der Waals surface area contributed by atoms with Crippen molar-refractivity contribution in [2.75, 3.05) is 13.1 Å². The number of hydrogen-bond donors (Lipinski definition) is 1. The van der Waals surface area contributed by atoms with E-state index in [9.17, 15) is 0 Å². The Hall–Kier alpha value is -2.53. The number of pyridine rings is 1. The van der Waals surface area contributed by atoms with Gasteiger partial charge in [0.15, 0.2) is 5.82 Å². The number of nitrogens with zero attached hydrogens (tertiary/aromatic N) is 4. The standard InChI is InChI=1S/C20H23N5/c1-15(17-9-5-11-21-13-17)25-12-6-10-18(14-25)20-22-19(23-24-20)16-7-3-2-4-8-16/h2-5,7-9,11,13,15,18H,6,10,12,14H2,1H3,(H,22,23,24)/t15-,18-/m1/s1. The second-order valence-corrected chi connectivity index (χ2v) is 6.71. The molecule has 1 aliphatic heterocycles. The van der Waals surface area contributed by atoms with Gasteiger partial charge in [-0.2, -0.15) is 5.10 Å². The molecule has 25 heavy (non-hydrogen) atoms. The van der Waals surface area contributed by atoms with Crippen molar-refractivity contribution < 1.29 is 0 Å². The van der Waals surface area contributed by atoms with Crippen LogP contribution in [0.3, 0.4) is 0 Å². The van der Waals surface area contributed by atoms with Gasteiger partial charge in [-0.1, -0.05) is 36.4 Å². The smallest absolute Gasteiger partial charge is 0.181 e. The van der Waals surface area contributed by atoms with Crippen molar-refractivity contribution in [3.05, 3.63) is 66.2 Å². The van der Waals surface area contributed by atoms with E-state index in [2.05, 4.69) is 33.1 Å². The second-order valence-electron chi connectivity index (χ2n) is 6.71. The molecule has 1 fully saturated rings. The number of rotatable bonds is 4. The maximum absolute atomic E-state index is 4.77. The molecule has 0 spiro atoms. The van der Waals surface area contributed by atoms with Gasteiger partial charge in [-0.15, -0.1) is 0 Å². The minimum atomic E-state index is 0.369. The van der Waals surface area contributed by atoms with Gasteiger partial charge < -0.3 is 0 Å². The molecule has 128 valence electrons.